The van der Waals surface area contributed by atoms with Crippen molar-refractivity contribution in [1.29, 1.82) is 0 Å². The minimum absolute atomic E-state index is 0.569. The number of ether oxygens (including phenoxy) is 1. The van der Waals surface area contributed by atoms with Gasteiger partial charge in [0.2, 0.25) is 0 Å². The zero-order valence-electron chi connectivity index (χ0n) is 9.90. The van der Waals surface area contributed by atoms with Crippen molar-refractivity contribution in [2.45, 2.75) is 0 Å². The molecule has 1 aromatic heterocycles. The highest BCUT2D eigenvalue weighted by atomic mass is 16.5. The number of nitrogens with one attached hydrogen (secondary N) is 2. The van der Waals surface area contributed by atoms with Gasteiger partial charge in [-0.1, -0.05) is 12.1 Å². The fourth-order valence-electron chi connectivity index (χ4n) is 1.50. The van der Waals surface area contributed by atoms with E-state index in [0.717, 1.165) is 37.3 Å². The van der Waals surface area contributed by atoms with Crippen molar-refractivity contribution in [2.75, 3.05) is 38.7 Å². The lowest BCUT2D eigenvalue weighted by molar-refractivity contribution is 0.200. The van der Waals surface area contributed by atoms with E-state index in [2.05, 4.69) is 15.6 Å². The Labute approximate surface area is 100 Å². The van der Waals surface area contributed by atoms with Gasteiger partial charge in [-0.2, -0.15) is 4.98 Å². The van der Waals surface area contributed by atoms with Crippen LogP contribution in [-0.2, 0) is 4.74 Å². The van der Waals surface area contributed by atoms with Gasteiger partial charge in [0.15, 0.2) is 5.58 Å². The molecule has 5 heteroatoms. The van der Waals surface area contributed by atoms with E-state index in [1.54, 1.807) is 7.11 Å². The average molecular weight is 235 g/mol. The molecular formula is C12H17N3O2. The van der Waals surface area contributed by atoms with Crippen LogP contribution in [0.2, 0.25) is 0 Å². The van der Waals surface area contributed by atoms with E-state index in [1.807, 2.05) is 24.3 Å². The molecule has 0 saturated carbocycles. The van der Waals surface area contributed by atoms with E-state index >= 15 is 0 Å². The van der Waals surface area contributed by atoms with Crippen LogP contribution in [0.3, 0.4) is 0 Å². The summed E-state index contributed by atoms with van der Waals surface area (Å²) in [6.07, 6.45) is 0. The molecule has 0 saturated heterocycles. The predicted octanol–water partition coefficient (Wildman–Crippen LogP) is 1.48. The lowest BCUT2D eigenvalue weighted by atomic mass is 10.3. The summed E-state index contributed by atoms with van der Waals surface area (Å²) >= 11 is 0. The minimum atomic E-state index is 0.569. The maximum atomic E-state index is 5.52. The summed E-state index contributed by atoms with van der Waals surface area (Å²) in [5, 5.41) is 6.36. The number of hydrogen-bond acceptors (Lipinski definition) is 5. The standard InChI is InChI=1S/C12H17N3O2/c1-16-9-8-13-6-7-14-12-15-10-4-2-3-5-11(10)17-12/h2-5,13H,6-9H2,1H3,(H,14,15). The third-order valence-corrected chi connectivity index (χ3v) is 2.35. The van der Waals surface area contributed by atoms with Gasteiger partial charge in [-0.25, -0.2) is 0 Å². The number of anilines is 1. The Kier molecular flexibility index (Phi) is 4.35. The van der Waals surface area contributed by atoms with E-state index in [0.29, 0.717) is 6.01 Å². The molecule has 0 aliphatic heterocycles. The third-order valence-electron chi connectivity index (χ3n) is 2.35. The molecule has 5 nitrogen and oxygen atoms in total. The van der Waals surface area contributed by atoms with Crippen LogP contribution in [0.25, 0.3) is 11.1 Å². The van der Waals surface area contributed by atoms with Gasteiger partial charge < -0.3 is 19.8 Å². The zero-order chi connectivity index (χ0) is 11.9. The summed E-state index contributed by atoms with van der Waals surface area (Å²) in [7, 11) is 1.69. The van der Waals surface area contributed by atoms with Gasteiger partial charge in [0.1, 0.15) is 5.52 Å². The van der Waals surface area contributed by atoms with Crippen LogP contribution in [0.5, 0.6) is 0 Å². The van der Waals surface area contributed by atoms with Gasteiger partial charge >= 0.3 is 0 Å². The molecule has 0 fully saturated rings. The van der Waals surface area contributed by atoms with E-state index < -0.39 is 0 Å². The Morgan fingerprint density at radius 3 is 2.94 bits per heavy atom. The first kappa shape index (κ1) is 11.9. The van der Waals surface area contributed by atoms with Gasteiger partial charge in [0, 0.05) is 26.7 Å². The molecule has 0 amide bonds. The highest BCUT2D eigenvalue weighted by molar-refractivity contribution is 5.74. The van der Waals surface area contributed by atoms with Crippen LogP contribution in [0.15, 0.2) is 28.7 Å². The molecule has 2 N–H and O–H groups in total. The van der Waals surface area contributed by atoms with Crippen molar-refractivity contribution >= 4 is 17.1 Å². The number of fused-ring (bicyclic) bond motifs is 1. The molecule has 0 unspecified atom stereocenters. The number of oxazole rings is 1. The monoisotopic (exact) mass is 235 g/mol. The molecule has 0 atom stereocenters. The predicted molar refractivity (Wildman–Crippen MR) is 67.2 cm³/mol. The maximum absolute atomic E-state index is 5.52. The number of benzene rings is 1. The summed E-state index contributed by atoms with van der Waals surface area (Å²) in [6, 6.07) is 8.29. The quantitative estimate of drug-likeness (QED) is 0.712. The molecule has 0 spiro atoms. The fourth-order valence-corrected chi connectivity index (χ4v) is 1.50. The van der Waals surface area contributed by atoms with Crippen LogP contribution in [0, 0.1) is 0 Å². The number of methoxy groups -OCH3 is 1. The highest BCUT2D eigenvalue weighted by Crippen LogP contribution is 2.17. The molecule has 17 heavy (non-hydrogen) atoms. The number of hydrogen-bond donors (Lipinski definition) is 2. The largest absolute Gasteiger partial charge is 0.424 e. The summed E-state index contributed by atoms with van der Waals surface area (Å²) in [4.78, 5) is 4.32. The van der Waals surface area contributed by atoms with Crippen molar-refractivity contribution in [1.82, 2.24) is 10.3 Å². The Bertz CT molecular complexity index is 423. The number of aromatic nitrogens is 1. The van der Waals surface area contributed by atoms with Crippen LogP contribution in [0.1, 0.15) is 0 Å². The Morgan fingerprint density at radius 1 is 1.24 bits per heavy atom. The molecular weight excluding hydrogens is 218 g/mol. The number of nitrogens with zero attached hydrogens (tertiary/aromatic N) is 1. The van der Waals surface area contributed by atoms with Gasteiger partial charge in [-0.05, 0) is 12.1 Å². The van der Waals surface area contributed by atoms with Crippen LogP contribution in [0.4, 0.5) is 6.01 Å². The summed E-state index contributed by atoms with van der Waals surface area (Å²) in [5.74, 6) is 0. The van der Waals surface area contributed by atoms with Crippen LogP contribution < -0.4 is 10.6 Å². The number of rotatable bonds is 7. The van der Waals surface area contributed by atoms with E-state index in [-0.39, 0.29) is 0 Å². The van der Waals surface area contributed by atoms with E-state index in [9.17, 15) is 0 Å². The second-order valence-corrected chi connectivity index (χ2v) is 3.66. The first-order valence-corrected chi connectivity index (χ1v) is 5.69. The molecule has 1 heterocycles. The van der Waals surface area contributed by atoms with Crippen molar-refractivity contribution in [3.8, 4) is 0 Å². The maximum Gasteiger partial charge on any atom is 0.295 e. The topological polar surface area (TPSA) is 59.3 Å². The van der Waals surface area contributed by atoms with Crippen LogP contribution in [-0.4, -0.2) is 38.3 Å². The Hall–Kier alpha value is -1.59. The SMILES string of the molecule is COCCNCCNc1nc2ccccc2o1. The Morgan fingerprint density at radius 2 is 2.12 bits per heavy atom. The Balaban J connectivity index is 1.75. The summed E-state index contributed by atoms with van der Waals surface area (Å²) < 4.78 is 10.5. The molecule has 2 aromatic rings. The van der Waals surface area contributed by atoms with Crippen molar-refractivity contribution in [3.05, 3.63) is 24.3 Å². The van der Waals surface area contributed by atoms with Crippen molar-refractivity contribution in [2.24, 2.45) is 0 Å². The summed E-state index contributed by atoms with van der Waals surface area (Å²) in [5.41, 5.74) is 1.68. The molecule has 2 rings (SSSR count). The van der Waals surface area contributed by atoms with Crippen molar-refractivity contribution < 1.29 is 9.15 Å². The first-order valence-electron chi connectivity index (χ1n) is 5.69. The first-order chi connectivity index (χ1) is 8.40. The normalized spacial score (nSPS) is 10.9. The van der Waals surface area contributed by atoms with Crippen molar-refractivity contribution in [3.63, 3.8) is 0 Å². The van der Waals surface area contributed by atoms with Gasteiger partial charge in [-0.15, -0.1) is 0 Å². The lowest BCUT2D eigenvalue weighted by Crippen LogP contribution is -2.25. The van der Waals surface area contributed by atoms with Gasteiger partial charge in [0.25, 0.3) is 6.01 Å². The second-order valence-electron chi connectivity index (χ2n) is 3.66. The molecule has 0 bridgehead atoms. The molecule has 0 aliphatic carbocycles. The smallest absolute Gasteiger partial charge is 0.295 e. The lowest BCUT2D eigenvalue weighted by Gasteiger charge is -2.03. The van der Waals surface area contributed by atoms with Crippen LogP contribution >= 0.6 is 0 Å². The average Bonchev–Trinajstić information content (AvgIpc) is 2.76. The van der Waals surface area contributed by atoms with Gasteiger partial charge in [-0.3, -0.25) is 0 Å². The minimum Gasteiger partial charge on any atom is -0.424 e. The second kappa shape index (κ2) is 6.22. The number of para-hydroxylation sites is 2. The summed E-state index contributed by atoms with van der Waals surface area (Å²) in [6.45, 7) is 3.20. The highest BCUT2D eigenvalue weighted by Gasteiger charge is 2.02. The fraction of sp³-hybridized carbons (Fsp3) is 0.417. The molecule has 1 aromatic carbocycles. The van der Waals surface area contributed by atoms with Gasteiger partial charge in [0.05, 0.1) is 6.61 Å². The zero-order valence-corrected chi connectivity index (χ0v) is 9.90. The molecule has 0 aliphatic rings. The van der Waals surface area contributed by atoms with E-state index in [1.165, 1.54) is 0 Å². The molecule has 0 radical (unpaired) electrons. The third kappa shape index (κ3) is 3.44. The van der Waals surface area contributed by atoms with E-state index in [4.69, 9.17) is 9.15 Å². The molecule has 92 valence electrons.